The first kappa shape index (κ1) is 21.8. The van der Waals surface area contributed by atoms with Crippen LogP contribution in [-0.2, 0) is 11.8 Å². The monoisotopic (exact) mass is 465 g/mol. The third kappa shape index (κ3) is 3.75. The molecule has 4 heterocycles. The smallest absolute Gasteiger partial charge is 0.333 e. The van der Waals surface area contributed by atoms with E-state index in [0.717, 1.165) is 16.5 Å². The van der Waals surface area contributed by atoms with Gasteiger partial charge in [-0.1, -0.05) is 6.07 Å². The maximum absolute atomic E-state index is 13.3. The summed E-state index contributed by atoms with van der Waals surface area (Å²) in [5.74, 6) is -0.0807. The van der Waals surface area contributed by atoms with Crippen LogP contribution in [0.1, 0.15) is 6.42 Å². The number of nitrogens with one attached hydrogen (secondary N) is 1. The number of carbonyl (C=O) groups excluding carboxylic acids is 1. The van der Waals surface area contributed by atoms with Crippen LogP contribution >= 0.6 is 0 Å². The number of imidazole rings is 1. The van der Waals surface area contributed by atoms with Gasteiger partial charge >= 0.3 is 5.69 Å². The number of pyridine rings is 3. The molecule has 0 aliphatic rings. The number of fused-ring (bicyclic) bond motifs is 3. The van der Waals surface area contributed by atoms with Crippen LogP contribution in [0.4, 0.5) is 5.69 Å². The van der Waals surface area contributed by atoms with Crippen LogP contribution in [0.5, 0.6) is 5.88 Å². The average Bonchev–Trinajstić information content (AvgIpc) is 3.14. The summed E-state index contributed by atoms with van der Waals surface area (Å²) in [6.07, 6.45) is 6.23. The lowest BCUT2D eigenvalue weighted by Gasteiger charge is -2.10. The number of rotatable bonds is 5. The van der Waals surface area contributed by atoms with Crippen molar-refractivity contribution in [3.8, 4) is 28.8 Å². The summed E-state index contributed by atoms with van der Waals surface area (Å²) in [6.45, 7) is 0. The van der Waals surface area contributed by atoms with Crippen molar-refractivity contribution >= 4 is 33.5 Å². The number of nitrogens with zero attached hydrogens (tertiary/aromatic N) is 6. The maximum atomic E-state index is 13.3. The van der Waals surface area contributed by atoms with Gasteiger partial charge in [0.2, 0.25) is 11.8 Å². The van der Waals surface area contributed by atoms with E-state index in [1.54, 1.807) is 48.4 Å². The van der Waals surface area contributed by atoms with Gasteiger partial charge in [0, 0.05) is 30.4 Å². The van der Waals surface area contributed by atoms with Gasteiger partial charge in [-0.3, -0.25) is 23.9 Å². The number of hydrogen-bond acceptors (Lipinski definition) is 7. The van der Waals surface area contributed by atoms with Gasteiger partial charge in [-0.2, -0.15) is 5.26 Å². The van der Waals surface area contributed by atoms with E-state index in [1.807, 2.05) is 24.3 Å². The summed E-state index contributed by atoms with van der Waals surface area (Å²) in [7, 11) is 3.20. The van der Waals surface area contributed by atoms with Crippen LogP contribution in [0.2, 0.25) is 0 Å². The van der Waals surface area contributed by atoms with Gasteiger partial charge in [-0.25, -0.2) is 9.78 Å². The molecule has 0 aliphatic heterocycles. The number of aromatic nitrogens is 5. The highest BCUT2D eigenvalue weighted by atomic mass is 16.5. The van der Waals surface area contributed by atoms with Gasteiger partial charge < -0.3 is 10.1 Å². The van der Waals surface area contributed by atoms with Gasteiger partial charge in [0.1, 0.15) is 12.1 Å². The summed E-state index contributed by atoms with van der Waals surface area (Å²) < 4.78 is 8.53. The first-order valence-corrected chi connectivity index (χ1v) is 10.6. The van der Waals surface area contributed by atoms with E-state index in [4.69, 9.17) is 10.00 Å². The third-order valence-electron chi connectivity index (χ3n) is 5.66. The fraction of sp³-hybridized carbons (Fsp3) is 0.120. The summed E-state index contributed by atoms with van der Waals surface area (Å²) >= 11 is 0. The van der Waals surface area contributed by atoms with Crippen molar-refractivity contribution in [1.29, 1.82) is 5.26 Å². The largest absolute Gasteiger partial charge is 0.479 e. The molecule has 35 heavy (non-hydrogen) atoms. The molecule has 172 valence electrons. The van der Waals surface area contributed by atoms with Crippen molar-refractivity contribution in [1.82, 2.24) is 24.1 Å². The lowest BCUT2D eigenvalue weighted by molar-refractivity contribution is -0.115. The second-order valence-electron chi connectivity index (χ2n) is 7.78. The lowest BCUT2D eigenvalue weighted by atomic mass is 10.0. The normalized spacial score (nSPS) is 10.9. The molecule has 10 nitrogen and oxygen atoms in total. The molecule has 0 radical (unpaired) electrons. The Morgan fingerprint density at radius 2 is 2.00 bits per heavy atom. The summed E-state index contributed by atoms with van der Waals surface area (Å²) in [6, 6.07) is 12.8. The van der Waals surface area contributed by atoms with Crippen molar-refractivity contribution < 1.29 is 9.53 Å². The van der Waals surface area contributed by atoms with Gasteiger partial charge in [-0.05, 0) is 35.9 Å². The Morgan fingerprint density at radius 3 is 2.80 bits per heavy atom. The predicted molar refractivity (Wildman–Crippen MR) is 130 cm³/mol. The summed E-state index contributed by atoms with van der Waals surface area (Å²) in [5, 5.41) is 12.1. The Balaban J connectivity index is 1.73. The number of carbonyl (C=O) groups is 1. The Labute approximate surface area is 199 Å². The zero-order valence-electron chi connectivity index (χ0n) is 18.9. The summed E-state index contributed by atoms with van der Waals surface area (Å²) in [4.78, 5) is 38.1. The van der Waals surface area contributed by atoms with Crippen molar-refractivity contribution in [3.05, 3.63) is 71.7 Å². The molecule has 10 heteroatoms. The van der Waals surface area contributed by atoms with E-state index in [-0.39, 0.29) is 12.1 Å². The molecule has 0 unspecified atom stereocenters. The molecule has 1 N–H and O–H groups in total. The molecule has 0 bridgehead atoms. The number of benzene rings is 1. The Morgan fingerprint density at radius 1 is 1.14 bits per heavy atom. The number of aryl methyl sites for hydroxylation is 1. The van der Waals surface area contributed by atoms with Crippen molar-refractivity contribution in [2.45, 2.75) is 6.42 Å². The fourth-order valence-corrected chi connectivity index (χ4v) is 4.05. The zero-order valence-corrected chi connectivity index (χ0v) is 18.9. The molecule has 4 aromatic heterocycles. The van der Waals surface area contributed by atoms with Crippen molar-refractivity contribution in [3.63, 3.8) is 0 Å². The highest BCUT2D eigenvalue weighted by Crippen LogP contribution is 2.31. The lowest BCUT2D eigenvalue weighted by Crippen LogP contribution is -2.21. The SMILES string of the molecule is COc1ncccc1-n1c(=O)n(C)c2cnc3ccc(-c4cncc(NC(=O)CC#N)c4)cc3c21. The van der Waals surface area contributed by atoms with Crippen molar-refractivity contribution in [2.24, 2.45) is 7.05 Å². The highest BCUT2D eigenvalue weighted by Gasteiger charge is 2.19. The minimum absolute atomic E-state index is 0.243. The zero-order chi connectivity index (χ0) is 24.5. The Hall–Kier alpha value is -5.04. The number of nitriles is 1. The minimum atomic E-state index is -0.408. The third-order valence-corrected chi connectivity index (χ3v) is 5.66. The van der Waals surface area contributed by atoms with Crippen LogP contribution < -0.4 is 15.7 Å². The molecule has 1 aromatic carbocycles. The van der Waals surface area contributed by atoms with Crippen LogP contribution in [0.3, 0.4) is 0 Å². The van der Waals surface area contributed by atoms with E-state index in [1.165, 1.54) is 17.9 Å². The molecule has 0 atom stereocenters. The second kappa shape index (κ2) is 8.72. The molecule has 5 rings (SSSR count). The van der Waals surface area contributed by atoms with Gasteiger partial charge in [0.25, 0.3) is 0 Å². The first-order chi connectivity index (χ1) is 17.0. The van der Waals surface area contributed by atoms with Gasteiger partial charge in [-0.15, -0.1) is 0 Å². The number of hydrogen-bond donors (Lipinski definition) is 1. The van der Waals surface area contributed by atoms with E-state index >= 15 is 0 Å². The summed E-state index contributed by atoms with van der Waals surface area (Å²) in [5.41, 5.74) is 4.34. The van der Waals surface area contributed by atoms with Crippen LogP contribution in [0.25, 0.3) is 38.8 Å². The fourth-order valence-electron chi connectivity index (χ4n) is 4.05. The highest BCUT2D eigenvalue weighted by molar-refractivity contribution is 6.05. The van der Waals surface area contributed by atoms with E-state index < -0.39 is 5.91 Å². The second-order valence-corrected chi connectivity index (χ2v) is 7.78. The van der Waals surface area contributed by atoms with E-state index in [9.17, 15) is 9.59 Å². The molecule has 0 saturated heterocycles. The van der Waals surface area contributed by atoms with Gasteiger partial charge in [0.05, 0.1) is 47.8 Å². The first-order valence-electron chi connectivity index (χ1n) is 10.6. The van der Waals surface area contributed by atoms with Crippen molar-refractivity contribution in [2.75, 3.05) is 12.4 Å². The molecule has 0 saturated carbocycles. The van der Waals surface area contributed by atoms with Crippen LogP contribution in [-0.4, -0.2) is 37.1 Å². The molecule has 0 spiro atoms. The maximum Gasteiger partial charge on any atom is 0.333 e. The standard InChI is InChI=1S/C25H19N7O3/c1-31-21-14-29-19-6-5-15(16-10-17(13-27-12-16)30-22(33)7-8-26)11-18(19)23(21)32(25(31)34)20-4-3-9-28-24(20)35-2/h3-6,9-14H,7H2,1-2H3,(H,30,33). The quantitative estimate of drug-likeness (QED) is 0.422. The molecule has 1 amide bonds. The van der Waals surface area contributed by atoms with E-state index in [0.29, 0.717) is 33.8 Å². The molecule has 5 aromatic rings. The number of amides is 1. The number of ether oxygens (including phenoxy) is 1. The van der Waals surface area contributed by atoms with E-state index in [2.05, 4.69) is 20.3 Å². The van der Waals surface area contributed by atoms with Crippen LogP contribution in [0.15, 0.2) is 66.0 Å². The Kier molecular flexibility index (Phi) is 5.43. The van der Waals surface area contributed by atoms with Crippen LogP contribution in [0, 0.1) is 11.3 Å². The molecule has 0 aliphatic carbocycles. The van der Waals surface area contributed by atoms with Gasteiger partial charge in [0.15, 0.2) is 0 Å². The number of anilines is 1. The minimum Gasteiger partial charge on any atom is -0.479 e. The number of methoxy groups -OCH3 is 1. The Bertz CT molecular complexity index is 1710. The average molecular weight is 465 g/mol. The molecular formula is C25H19N7O3. The molecular weight excluding hydrogens is 446 g/mol. The molecule has 0 fully saturated rings. The topological polar surface area (TPSA) is 128 Å². The predicted octanol–water partition coefficient (Wildman–Crippen LogP) is 3.20.